The molecule has 0 heterocycles. The van der Waals surface area contributed by atoms with Crippen LogP contribution in [0.15, 0.2) is 27.7 Å². The maximum atomic E-state index is 13.1. The molecule has 0 saturated heterocycles. The van der Waals surface area contributed by atoms with Crippen molar-refractivity contribution in [1.29, 1.82) is 0 Å². The summed E-state index contributed by atoms with van der Waals surface area (Å²) in [6, 6.07) is 4.72. The normalized spacial score (nSPS) is 11.0. The molecule has 0 aromatic heterocycles. The Bertz CT molecular complexity index is 388. The molecule has 0 amide bonds. The highest BCUT2D eigenvalue weighted by molar-refractivity contribution is 14.0. The molecule has 1 rings (SSSR count). The lowest BCUT2D eigenvalue weighted by molar-refractivity contribution is 0.458. The van der Waals surface area contributed by atoms with Crippen molar-refractivity contribution in [2.75, 3.05) is 13.1 Å². The van der Waals surface area contributed by atoms with Gasteiger partial charge in [-0.2, -0.15) is 0 Å². The summed E-state index contributed by atoms with van der Waals surface area (Å²) in [4.78, 5) is 6.20. The van der Waals surface area contributed by atoms with Crippen molar-refractivity contribution in [2.45, 2.75) is 20.4 Å². The van der Waals surface area contributed by atoms with Crippen LogP contribution < -0.4 is 5.73 Å². The summed E-state index contributed by atoms with van der Waals surface area (Å²) in [7, 11) is 0. The zero-order valence-corrected chi connectivity index (χ0v) is 14.4. The molecule has 1 aromatic rings. The van der Waals surface area contributed by atoms with Gasteiger partial charge in [0.05, 0.1) is 6.54 Å². The first-order valence-corrected chi connectivity index (χ1v) is 6.36. The van der Waals surface area contributed by atoms with Crippen molar-refractivity contribution in [3.8, 4) is 0 Å². The van der Waals surface area contributed by atoms with Gasteiger partial charge in [-0.05, 0) is 37.6 Å². The van der Waals surface area contributed by atoms with Crippen LogP contribution in [0.5, 0.6) is 0 Å². The van der Waals surface area contributed by atoms with Crippen molar-refractivity contribution in [1.82, 2.24) is 4.90 Å². The summed E-state index contributed by atoms with van der Waals surface area (Å²) in [6.45, 7) is 6.06. The van der Waals surface area contributed by atoms with Gasteiger partial charge in [-0.3, -0.25) is 0 Å². The molecule has 1 aromatic carbocycles. The molecular formula is C12H18BrFIN3. The van der Waals surface area contributed by atoms with Gasteiger partial charge in [0.25, 0.3) is 0 Å². The van der Waals surface area contributed by atoms with E-state index in [9.17, 15) is 4.39 Å². The number of nitrogens with two attached hydrogens (primary N) is 1. The van der Waals surface area contributed by atoms with E-state index in [1.165, 1.54) is 12.1 Å². The third kappa shape index (κ3) is 5.51. The molecule has 0 saturated carbocycles. The lowest BCUT2D eigenvalue weighted by Crippen LogP contribution is -2.37. The van der Waals surface area contributed by atoms with Gasteiger partial charge >= 0.3 is 0 Å². The number of rotatable bonds is 4. The molecule has 0 aliphatic rings. The Morgan fingerprint density at radius 1 is 1.33 bits per heavy atom. The number of hydrogen-bond donors (Lipinski definition) is 1. The average Bonchev–Trinajstić information content (AvgIpc) is 2.27. The molecule has 2 N–H and O–H groups in total. The van der Waals surface area contributed by atoms with Crippen LogP contribution in [0, 0.1) is 5.82 Å². The van der Waals surface area contributed by atoms with Crippen LogP contribution in [0.3, 0.4) is 0 Å². The van der Waals surface area contributed by atoms with Crippen LogP contribution in [-0.4, -0.2) is 23.9 Å². The van der Waals surface area contributed by atoms with Gasteiger partial charge in [-0.25, -0.2) is 9.38 Å². The predicted octanol–water partition coefficient (Wildman–Crippen LogP) is 3.36. The van der Waals surface area contributed by atoms with E-state index in [1.807, 2.05) is 24.8 Å². The summed E-state index contributed by atoms with van der Waals surface area (Å²) < 4.78 is 13.8. The SMILES string of the molecule is CCN(CC)C(N)=NCc1cc(F)cc(Br)c1.I. The Morgan fingerprint density at radius 2 is 1.94 bits per heavy atom. The zero-order chi connectivity index (χ0) is 12.8. The van der Waals surface area contributed by atoms with Crippen LogP contribution in [0.4, 0.5) is 4.39 Å². The van der Waals surface area contributed by atoms with Crippen molar-refractivity contribution in [2.24, 2.45) is 10.7 Å². The summed E-state index contributed by atoms with van der Waals surface area (Å²) in [5, 5.41) is 0. The fraction of sp³-hybridized carbons (Fsp3) is 0.417. The van der Waals surface area contributed by atoms with E-state index in [-0.39, 0.29) is 29.8 Å². The monoisotopic (exact) mass is 429 g/mol. The molecule has 0 radical (unpaired) electrons. The van der Waals surface area contributed by atoms with Gasteiger partial charge in [0.1, 0.15) is 5.82 Å². The molecule has 0 aliphatic heterocycles. The Balaban J connectivity index is 0.00000289. The summed E-state index contributed by atoms with van der Waals surface area (Å²) in [5.41, 5.74) is 6.63. The lowest BCUT2D eigenvalue weighted by atomic mass is 10.2. The van der Waals surface area contributed by atoms with E-state index in [0.29, 0.717) is 17.0 Å². The minimum absolute atomic E-state index is 0. The smallest absolute Gasteiger partial charge is 0.191 e. The van der Waals surface area contributed by atoms with Crippen LogP contribution in [0.1, 0.15) is 19.4 Å². The van der Waals surface area contributed by atoms with Crippen molar-refractivity contribution < 1.29 is 4.39 Å². The third-order valence-electron chi connectivity index (χ3n) is 2.43. The molecule has 0 aliphatic carbocycles. The third-order valence-corrected chi connectivity index (χ3v) is 2.89. The second-order valence-corrected chi connectivity index (χ2v) is 4.54. The van der Waals surface area contributed by atoms with Gasteiger partial charge in [0.15, 0.2) is 5.96 Å². The second kappa shape index (κ2) is 8.68. The predicted molar refractivity (Wildman–Crippen MR) is 87.8 cm³/mol. The first kappa shape index (κ1) is 17.6. The van der Waals surface area contributed by atoms with Gasteiger partial charge < -0.3 is 10.6 Å². The first-order valence-electron chi connectivity index (χ1n) is 5.56. The Kier molecular flexibility index (Phi) is 8.51. The Hall–Kier alpha value is -0.370. The molecule has 0 atom stereocenters. The number of nitrogens with zero attached hydrogens (tertiary/aromatic N) is 2. The zero-order valence-electron chi connectivity index (χ0n) is 10.5. The molecule has 3 nitrogen and oxygen atoms in total. The van der Waals surface area contributed by atoms with Crippen LogP contribution in [-0.2, 0) is 6.54 Å². The van der Waals surface area contributed by atoms with E-state index in [1.54, 1.807) is 0 Å². The topological polar surface area (TPSA) is 41.6 Å². The maximum Gasteiger partial charge on any atom is 0.191 e. The molecule has 0 spiro atoms. The molecular weight excluding hydrogens is 412 g/mol. The molecule has 18 heavy (non-hydrogen) atoms. The maximum absolute atomic E-state index is 13.1. The van der Waals surface area contributed by atoms with E-state index in [2.05, 4.69) is 20.9 Å². The van der Waals surface area contributed by atoms with Gasteiger partial charge in [-0.15, -0.1) is 24.0 Å². The molecule has 0 unspecified atom stereocenters. The Morgan fingerprint density at radius 3 is 2.44 bits per heavy atom. The largest absolute Gasteiger partial charge is 0.370 e. The quantitative estimate of drug-likeness (QED) is 0.453. The standard InChI is InChI=1S/C12H17BrFN3.HI/c1-3-17(4-2)12(15)16-8-9-5-10(13)7-11(14)6-9;/h5-7H,3-4,8H2,1-2H3,(H2,15,16);1H. The van der Waals surface area contributed by atoms with Crippen molar-refractivity contribution >= 4 is 45.9 Å². The van der Waals surface area contributed by atoms with Gasteiger partial charge in [0, 0.05) is 17.6 Å². The van der Waals surface area contributed by atoms with E-state index in [4.69, 9.17) is 5.73 Å². The summed E-state index contributed by atoms with van der Waals surface area (Å²) >= 11 is 3.25. The van der Waals surface area contributed by atoms with Gasteiger partial charge in [-0.1, -0.05) is 15.9 Å². The highest BCUT2D eigenvalue weighted by atomic mass is 127. The Labute approximate surface area is 133 Å². The second-order valence-electron chi connectivity index (χ2n) is 3.62. The summed E-state index contributed by atoms with van der Waals surface area (Å²) in [5.74, 6) is 0.223. The van der Waals surface area contributed by atoms with E-state index < -0.39 is 0 Å². The van der Waals surface area contributed by atoms with Crippen LogP contribution in [0.25, 0.3) is 0 Å². The highest BCUT2D eigenvalue weighted by Gasteiger charge is 2.03. The molecule has 0 bridgehead atoms. The molecule has 6 heteroatoms. The molecule has 102 valence electrons. The number of aliphatic imine (C=N–C) groups is 1. The minimum Gasteiger partial charge on any atom is -0.370 e. The minimum atomic E-state index is -0.272. The number of halogens is 3. The van der Waals surface area contributed by atoms with Crippen LogP contribution in [0.2, 0.25) is 0 Å². The number of hydrogen-bond acceptors (Lipinski definition) is 1. The molecule has 0 fully saturated rings. The number of guanidine groups is 1. The van der Waals surface area contributed by atoms with Crippen LogP contribution >= 0.6 is 39.9 Å². The number of benzene rings is 1. The fourth-order valence-electron chi connectivity index (χ4n) is 1.52. The van der Waals surface area contributed by atoms with E-state index >= 15 is 0 Å². The van der Waals surface area contributed by atoms with Gasteiger partial charge in [0.2, 0.25) is 0 Å². The first-order chi connectivity index (χ1) is 8.06. The van der Waals surface area contributed by atoms with Crippen molar-refractivity contribution in [3.05, 3.63) is 34.1 Å². The lowest BCUT2D eigenvalue weighted by Gasteiger charge is -2.19. The highest BCUT2D eigenvalue weighted by Crippen LogP contribution is 2.15. The average molecular weight is 430 g/mol. The summed E-state index contributed by atoms with van der Waals surface area (Å²) in [6.07, 6.45) is 0. The van der Waals surface area contributed by atoms with E-state index in [0.717, 1.165) is 18.7 Å². The van der Waals surface area contributed by atoms with Crippen molar-refractivity contribution in [3.63, 3.8) is 0 Å². The fourth-order valence-corrected chi connectivity index (χ4v) is 2.03.